The molecule has 0 amide bonds. The van der Waals surface area contributed by atoms with E-state index < -0.39 is 15.6 Å². The number of sulfonamides is 1. The van der Waals surface area contributed by atoms with E-state index in [0.29, 0.717) is 31.9 Å². The average Bonchev–Trinajstić information content (AvgIpc) is 2.74. The molecule has 0 aliphatic heterocycles. The van der Waals surface area contributed by atoms with Crippen LogP contribution < -0.4 is 10.5 Å². The number of furan rings is 1. The third-order valence-electron chi connectivity index (χ3n) is 2.57. The van der Waals surface area contributed by atoms with Crippen molar-refractivity contribution < 1.29 is 22.7 Å². The number of hydrogen-bond donors (Lipinski definition) is 3. The summed E-state index contributed by atoms with van der Waals surface area (Å²) in [4.78, 5) is 0. The molecule has 19 heavy (non-hydrogen) atoms. The van der Waals surface area contributed by atoms with Crippen LogP contribution in [0.2, 0.25) is 0 Å². The molecule has 1 heterocycles. The minimum Gasteiger partial charge on any atom is -0.447 e. The smallest absolute Gasteiger partial charge is 0.271 e. The van der Waals surface area contributed by atoms with Crippen molar-refractivity contribution in [3.8, 4) is 0 Å². The first-order valence-electron chi connectivity index (χ1n) is 5.78. The second-order valence-electron chi connectivity index (χ2n) is 4.61. The van der Waals surface area contributed by atoms with Crippen LogP contribution in [0.5, 0.6) is 0 Å². The Morgan fingerprint density at radius 1 is 1.53 bits per heavy atom. The van der Waals surface area contributed by atoms with Gasteiger partial charge in [0.25, 0.3) is 10.0 Å². The van der Waals surface area contributed by atoms with E-state index in [0.717, 1.165) is 0 Å². The number of hydrogen-bond acceptors (Lipinski definition) is 6. The minimum atomic E-state index is -3.81. The van der Waals surface area contributed by atoms with Crippen LogP contribution >= 0.6 is 0 Å². The lowest BCUT2D eigenvalue weighted by molar-refractivity contribution is 0.0244. The van der Waals surface area contributed by atoms with Gasteiger partial charge in [-0.05, 0) is 19.1 Å². The fourth-order valence-corrected chi connectivity index (χ4v) is 1.95. The van der Waals surface area contributed by atoms with Gasteiger partial charge >= 0.3 is 0 Å². The Balaban J connectivity index is 2.43. The highest BCUT2D eigenvalue weighted by Gasteiger charge is 2.19. The Kier molecular flexibility index (Phi) is 5.50. The van der Waals surface area contributed by atoms with Crippen molar-refractivity contribution in [2.24, 2.45) is 5.14 Å². The zero-order valence-electron chi connectivity index (χ0n) is 11.0. The van der Waals surface area contributed by atoms with Crippen molar-refractivity contribution >= 4 is 10.0 Å². The summed E-state index contributed by atoms with van der Waals surface area (Å²) in [6, 6.07) is 2.83. The van der Waals surface area contributed by atoms with Gasteiger partial charge in [-0.3, -0.25) is 0 Å². The SMILES string of the molecule is COCCC(C)(O)CNCc1ccc(S(N)(=O)=O)o1. The zero-order chi connectivity index (χ0) is 14.5. The Morgan fingerprint density at radius 3 is 2.74 bits per heavy atom. The molecule has 0 aliphatic carbocycles. The summed E-state index contributed by atoms with van der Waals surface area (Å²) in [5, 5.41) is 17.6. The predicted molar refractivity (Wildman–Crippen MR) is 68.9 cm³/mol. The largest absolute Gasteiger partial charge is 0.447 e. The van der Waals surface area contributed by atoms with E-state index >= 15 is 0 Å². The first-order chi connectivity index (χ1) is 8.74. The van der Waals surface area contributed by atoms with Gasteiger partial charge in [0.05, 0.1) is 12.1 Å². The van der Waals surface area contributed by atoms with Crippen LogP contribution in [0.4, 0.5) is 0 Å². The summed E-state index contributed by atoms with van der Waals surface area (Å²) in [5.74, 6) is 0.437. The van der Waals surface area contributed by atoms with Gasteiger partial charge in [-0.2, -0.15) is 0 Å². The molecule has 0 radical (unpaired) electrons. The van der Waals surface area contributed by atoms with Gasteiger partial charge in [-0.1, -0.05) is 0 Å². The summed E-state index contributed by atoms with van der Waals surface area (Å²) in [7, 11) is -2.24. The zero-order valence-corrected chi connectivity index (χ0v) is 11.9. The summed E-state index contributed by atoms with van der Waals surface area (Å²) >= 11 is 0. The second-order valence-corrected chi connectivity index (χ2v) is 6.10. The third-order valence-corrected chi connectivity index (χ3v) is 3.35. The topological polar surface area (TPSA) is 115 Å². The van der Waals surface area contributed by atoms with E-state index in [1.807, 2.05) is 0 Å². The maximum Gasteiger partial charge on any atom is 0.271 e. The van der Waals surface area contributed by atoms with E-state index in [-0.39, 0.29) is 5.09 Å². The molecular formula is C11H20N2O5S. The fourth-order valence-electron chi connectivity index (χ4n) is 1.47. The van der Waals surface area contributed by atoms with Crippen molar-refractivity contribution in [1.82, 2.24) is 5.32 Å². The summed E-state index contributed by atoms with van der Waals surface area (Å²) < 4.78 is 32.0. The van der Waals surface area contributed by atoms with E-state index in [1.165, 1.54) is 12.1 Å². The standard InChI is InChI=1S/C11H20N2O5S/c1-11(14,5-6-17-2)8-13-7-9-3-4-10(18-9)19(12,15)16/h3-4,13-14H,5-8H2,1-2H3,(H2,12,15,16). The minimum absolute atomic E-state index is 0.268. The van der Waals surface area contributed by atoms with E-state index in [9.17, 15) is 13.5 Å². The van der Waals surface area contributed by atoms with Crippen LogP contribution in [0.1, 0.15) is 19.1 Å². The number of nitrogens with two attached hydrogens (primary N) is 1. The van der Waals surface area contributed by atoms with Crippen molar-refractivity contribution in [1.29, 1.82) is 0 Å². The van der Waals surface area contributed by atoms with Crippen molar-refractivity contribution in [3.63, 3.8) is 0 Å². The number of aliphatic hydroxyl groups is 1. The van der Waals surface area contributed by atoms with Gasteiger partial charge in [0.2, 0.25) is 5.09 Å². The first kappa shape index (κ1) is 16.1. The normalized spacial score (nSPS) is 15.4. The molecule has 0 bridgehead atoms. The van der Waals surface area contributed by atoms with Gasteiger partial charge in [-0.25, -0.2) is 13.6 Å². The molecule has 8 heteroatoms. The molecule has 0 spiro atoms. The Hall–Kier alpha value is -0.930. The van der Waals surface area contributed by atoms with Crippen LogP contribution in [0.3, 0.4) is 0 Å². The quantitative estimate of drug-likeness (QED) is 0.611. The molecule has 1 unspecified atom stereocenters. The molecular weight excluding hydrogens is 272 g/mol. The van der Waals surface area contributed by atoms with Gasteiger partial charge in [0.1, 0.15) is 5.76 Å². The number of methoxy groups -OCH3 is 1. The van der Waals surface area contributed by atoms with Gasteiger partial charge < -0.3 is 19.6 Å². The molecule has 0 aromatic carbocycles. The summed E-state index contributed by atoms with van der Waals surface area (Å²) in [6.45, 7) is 2.79. The average molecular weight is 292 g/mol. The predicted octanol–water partition coefficient (Wildman–Crippen LogP) is -0.196. The van der Waals surface area contributed by atoms with Crippen LogP contribution in [-0.4, -0.2) is 39.4 Å². The lowest BCUT2D eigenvalue weighted by atomic mass is 10.0. The van der Waals surface area contributed by atoms with Crippen LogP contribution in [0.15, 0.2) is 21.6 Å². The Bertz CT molecular complexity index is 495. The molecule has 1 atom stereocenters. The molecule has 0 aliphatic rings. The second kappa shape index (κ2) is 6.49. The molecule has 7 nitrogen and oxygen atoms in total. The Morgan fingerprint density at radius 2 is 2.21 bits per heavy atom. The number of rotatable bonds is 8. The van der Waals surface area contributed by atoms with Gasteiger partial charge in [-0.15, -0.1) is 0 Å². The molecule has 1 rings (SSSR count). The highest BCUT2D eigenvalue weighted by molar-refractivity contribution is 7.89. The molecule has 0 fully saturated rings. The van der Waals surface area contributed by atoms with Gasteiger partial charge in [0, 0.05) is 26.7 Å². The highest BCUT2D eigenvalue weighted by Crippen LogP contribution is 2.13. The van der Waals surface area contributed by atoms with E-state index in [4.69, 9.17) is 14.3 Å². The number of ether oxygens (including phenoxy) is 1. The molecule has 110 valence electrons. The number of nitrogens with one attached hydrogen (secondary N) is 1. The molecule has 1 aromatic rings. The summed E-state index contributed by atoms with van der Waals surface area (Å²) in [5.41, 5.74) is -0.897. The van der Waals surface area contributed by atoms with E-state index in [2.05, 4.69) is 5.32 Å². The van der Waals surface area contributed by atoms with Crippen LogP contribution in [-0.2, 0) is 21.3 Å². The maximum atomic E-state index is 11.0. The Labute approximate surface area is 112 Å². The van der Waals surface area contributed by atoms with Crippen LogP contribution in [0.25, 0.3) is 0 Å². The highest BCUT2D eigenvalue weighted by atomic mass is 32.2. The first-order valence-corrected chi connectivity index (χ1v) is 7.33. The molecule has 0 saturated heterocycles. The summed E-state index contributed by atoms with van der Waals surface area (Å²) in [6.07, 6.45) is 0.497. The van der Waals surface area contributed by atoms with Crippen molar-refractivity contribution in [2.45, 2.75) is 30.6 Å². The monoisotopic (exact) mass is 292 g/mol. The fraction of sp³-hybridized carbons (Fsp3) is 0.636. The van der Waals surface area contributed by atoms with E-state index in [1.54, 1.807) is 14.0 Å². The van der Waals surface area contributed by atoms with Crippen LogP contribution in [0, 0.1) is 0 Å². The number of primary sulfonamides is 1. The maximum absolute atomic E-state index is 11.0. The molecule has 0 saturated carbocycles. The third kappa shape index (κ3) is 5.70. The molecule has 4 N–H and O–H groups in total. The lowest BCUT2D eigenvalue weighted by Crippen LogP contribution is -2.38. The van der Waals surface area contributed by atoms with Gasteiger partial charge in [0.15, 0.2) is 0 Å². The molecule has 1 aromatic heterocycles. The lowest BCUT2D eigenvalue weighted by Gasteiger charge is -2.23. The van der Waals surface area contributed by atoms with Crippen molar-refractivity contribution in [3.05, 3.63) is 17.9 Å². The van der Waals surface area contributed by atoms with Crippen molar-refractivity contribution in [2.75, 3.05) is 20.3 Å².